The summed E-state index contributed by atoms with van der Waals surface area (Å²) in [6, 6.07) is -1.24. The average Bonchev–Trinajstić information content (AvgIpc) is 3.14. The highest BCUT2D eigenvalue weighted by Crippen LogP contribution is 2.40. The quantitative estimate of drug-likeness (QED) is 0.260. The minimum absolute atomic E-state index is 0.0493. The Hall–Kier alpha value is -2.82. The van der Waals surface area contributed by atoms with Crippen LogP contribution in [0.25, 0.3) is 0 Å². The minimum Gasteiger partial charge on any atom is -0.477 e. The summed E-state index contributed by atoms with van der Waals surface area (Å²) in [5.74, 6) is -2.19. The predicted molar refractivity (Wildman–Crippen MR) is 97.8 cm³/mol. The first kappa shape index (κ1) is 23.5. The van der Waals surface area contributed by atoms with Crippen LogP contribution in [0.5, 0.6) is 0 Å². The lowest BCUT2D eigenvalue weighted by atomic mass is 9.99. The molecule has 0 aliphatic carbocycles. The van der Waals surface area contributed by atoms with Gasteiger partial charge in [0, 0.05) is 5.75 Å². The highest BCUT2D eigenvalue weighted by atomic mass is 32.2. The number of amides is 1. The predicted octanol–water partition coefficient (Wildman–Crippen LogP) is -0.309. The molecule has 3 atom stereocenters. The Kier molecular flexibility index (Phi) is 6.96. The van der Waals surface area contributed by atoms with Crippen molar-refractivity contribution in [3.05, 3.63) is 22.9 Å². The largest absolute Gasteiger partial charge is 0.490 e. The zero-order valence-corrected chi connectivity index (χ0v) is 15.9. The zero-order valence-electron chi connectivity index (χ0n) is 15.1. The number of rotatable bonds is 3. The van der Waals surface area contributed by atoms with E-state index in [0.29, 0.717) is 24.3 Å². The summed E-state index contributed by atoms with van der Waals surface area (Å²) in [5.41, 5.74) is 6.91. The van der Waals surface area contributed by atoms with Gasteiger partial charge >= 0.3 is 18.1 Å². The van der Waals surface area contributed by atoms with Gasteiger partial charge in [0.2, 0.25) is 11.7 Å². The number of carboxylic acids is 2. The average molecular weight is 447 g/mol. The molecule has 3 aliphatic rings. The van der Waals surface area contributed by atoms with Crippen molar-refractivity contribution in [1.82, 2.24) is 10.2 Å². The number of Topliss-reactive ketones (excluding diaryl/α,β-unsaturated/α-hetero) is 1. The van der Waals surface area contributed by atoms with Gasteiger partial charge in [0.15, 0.2) is 0 Å². The number of thioether (sulfide) groups is 1. The number of allylic oxidation sites excluding steroid dienone is 1. The molecule has 5 N–H and O–H groups in total. The molecule has 0 bridgehead atoms. The van der Waals surface area contributed by atoms with Gasteiger partial charge in [-0.05, 0) is 30.0 Å². The minimum atomic E-state index is -5.08. The van der Waals surface area contributed by atoms with E-state index < -0.39 is 36.1 Å². The first-order valence-electron chi connectivity index (χ1n) is 8.31. The van der Waals surface area contributed by atoms with Crippen molar-refractivity contribution in [3.8, 4) is 12.3 Å². The van der Waals surface area contributed by atoms with Crippen LogP contribution in [0.3, 0.4) is 0 Å². The fraction of sp³-hybridized carbons (Fsp3) is 0.412. The normalized spacial score (nSPS) is 26.9. The molecule has 0 spiro atoms. The number of β-lactam (4-membered cyclic amide) rings is 1. The number of halogens is 3. The molecule has 0 aromatic rings. The number of carbonyl (C=O) groups excluding carboxylic acids is 2. The maximum atomic E-state index is 11.9. The molecule has 3 heterocycles. The fourth-order valence-electron chi connectivity index (χ4n) is 3.01. The number of carboxylic acid groups (broad SMARTS) is 2. The summed E-state index contributed by atoms with van der Waals surface area (Å²) >= 11 is 1.42. The zero-order chi connectivity index (χ0) is 22.8. The van der Waals surface area contributed by atoms with E-state index in [0.717, 1.165) is 5.57 Å². The van der Waals surface area contributed by atoms with Crippen LogP contribution in [-0.2, 0) is 19.2 Å². The Bertz CT molecular complexity index is 892. The number of nitrogens with one attached hydrogen (secondary N) is 1. The highest BCUT2D eigenvalue weighted by molar-refractivity contribution is 8.00. The van der Waals surface area contributed by atoms with Crippen molar-refractivity contribution in [3.63, 3.8) is 0 Å². The van der Waals surface area contributed by atoms with Crippen molar-refractivity contribution >= 4 is 35.4 Å². The van der Waals surface area contributed by atoms with Crippen LogP contribution in [0.15, 0.2) is 22.9 Å². The number of alkyl halides is 3. The van der Waals surface area contributed by atoms with Crippen LogP contribution in [0, 0.1) is 12.3 Å². The lowest BCUT2D eigenvalue weighted by molar-refractivity contribution is -0.192. The first-order chi connectivity index (χ1) is 13.9. The molecule has 2 saturated heterocycles. The Balaban J connectivity index is 0.000000396. The number of nitrogens with two attached hydrogens (primary N) is 1. The molecule has 3 rings (SSSR count). The molecule has 0 radical (unpaired) electrons. The second-order valence-corrected chi connectivity index (χ2v) is 7.39. The van der Waals surface area contributed by atoms with Crippen LogP contribution in [-0.4, -0.2) is 74.7 Å². The SMILES string of the molecule is C#CC(=O)C1NCC/C1=C\C1=C(C(=O)O)N2C(=O)[C@@H](N)[C@H]2SC1.O=C(O)C(F)(F)F. The van der Waals surface area contributed by atoms with Gasteiger partial charge in [-0.1, -0.05) is 6.08 Å². The molecule has 9 nitrogen and oxygen atoms in total. The summed E-state index contributed by atoms with van der Waals surface area (Å²) in [6.07, 6.45) is 2.37. The summed E-state index contributed by atoms with van der Waals surface area (Å²) in [6.45, 7) is 0.600. The number of hydrogen-bond donors (Lipinski definition) is 4. The van der Waals surface area contributed by atoms with Gasteiger partial charge in [-0.2, -0.15) is 13.2 Å². The monoisotopic (exact) mass is 447 g/mol. The Labute approximate surface area is 172 Å². The van der Waals surface area contributed by atoms with E-state index in [1.54, 1.807) is 6.08 Å². The van der Waals surface area contributed by atoms with Gasteiger partial charge < -0.3 is 21.3 Å². The number of ketones is 1. The molecular weight excluding hydrogens is 431 g/mol. The molecule has 13 heteroatoms. The summed E-state index contributed by atoms with van der Waals surface area (Å²) < 4.78 is 31.7. The van der Waals surface area contributed by atoms with E-state index in [1.165, 1.54) is 16.7 Å². The van der Waals surface area contributed by atoms with E-state index in [1.807, 2.05) is 0 Å². The molecule has 3 aliphatic heterocycles. The maximum absolute atomic E-state index is 11.9. The van der Waals surface area contributed by atoms with Crippen molar-refractivity contribution in [1.29, 1.82) is 0 Å². The van der Waals surface area contributed by atoms with E-state index in [4.69, 9.17) is 22.1 Å². The van der Waals surface area contributed by atoms with Gasteiger partial charge in [0.25, 0.3) is 0 Å². The number of carbonyl (C=O) groups is 4. The van der Waals surface area contributed by atoms with Crippen molar-refractivity contribution < 1.29 is 42.6 Å². The molecule has 0 aromatic heterocycles. The summed E-state index contributed by atoms with van der Waals surface area (Å²) in [5, 5.41) is 19.3. The lowest BCUT2D eigenvalue weighted by Gasteiger charge is -2.47. The van der Waals surface area contributed by atoms with Crippen LogP contribution < -0.4 is 11.1 Å². The molecule has 1 amide bonds. The first-order valence-corrected chi connectivity index (χ1v) is 9.36. The number of terminal acetylenes is 1. The van der Waals surface area contributed by atoms with E-state index in [2.05, 4.69) is 11.2 Å². The number of nitrogens with zero attached hydrogens (tertiary/aromatic N) is 1. The standard InChI is InChI=1S/C15H15N3O4S.C2HF3O2/c1-2-9(19)11-7(3-4-17-11)5-8-6-23-14-10(16)13(20)18(14)12(8)15(21)22;3-2(4,5)1(6)7/h1,5,10-11,14,17H,3-4,6,16H2,(H,21,22);(H,6,7)/b7-5+;/t10-,11?,14-;/m1./s1. The Morgan fingerprint density at radius 3 is 2.43 bits per heavy atom. The van der Waals surface area contributed by atoms with Crippen LogP contribution in [0.4, 0.5) is 13.2 Å². The number of hydrogen-bond acceptors (Lipinski definition) is 7. The molecular formula is C17H16F3N3O6S. The molecule has 0 aromatic carbocycles. The van der Waals surface area contributed by atoms with Crippen molar-refractivity contribution in [2.45, 2.75) is 30.1 Å². The van der Waals surface area contributed by atoms with E-state index in [-0.39, 0.29) is 16.9 Å². The fourth-order valence-corrected chi connectivity index (χ4v) is 4.26. The maximum Gasteiger partial charge on any atom is 0.490 e. The second kappa shape index (κ2) is 8.90. The third kappa shape index (κ3) is 4.66. The van der Waals surface area contributed by atoms with E-state index >= 15 is 0 Å². The lowest BCUT2D eigenvalue weighted by Crippen LogP contribution is -2.68. The smallest absolute Gasteiger partial charge is 0.477 e. The molecule has 30 heavy (non-hydrogen) atoms. The van der Waals surface area contributed by atoms with Gasteiger partial charge in [0.05, 0.1) is 0 Å². The third-order valence-corrected chi connectivity index (χ3v) is 5.70. The third-order valence-electron chi connectivity index (χ3n) is 4.38. The van der Waals surface area contributed by atoms with Gasteiger partial charge in [-0.3, -0.25) is 14.5 Å². The second-order valence-electron chi connectivity index (χ2n) is 6.28. The Morgan fingerprint density at radius 2 is 1.93 bits per heavy atom. The topological polar surface area (TPSA) is 150 Å². The van der Waals surface area contributed by atoms with Gasteiger partial charge in [-0.15, -0.1) is 18.2 Å². The van der Waals surface area contributed by atoms with Crippen LogP contribution in [0.1, 0.15) is 6.42 Å². The number of aliphatic carboxylic acids is 2. The summed E-state index contributed by atoms with van der Waals surface area (Å²) in [7, 11) is 0. The summed E-state index contributed by atoms with van der Waals surface area (Å²) in [4.78, 5) is 45.4. The Morgan fingerprint density at radius 1 is 1.33 bits per heavy atom. The molecule has 1 unspecified atom stereocenters. The van der Waals surface area contributed by atoms with E-state index in [9.17, 15) is 32.7 Å². The molecule has 2 fully saturated rings. The van der Waals surface area contributed by atoms with Crippen LogP contribution >= 0.6 is 11.8 Å². The van der Waals surface area contributed by atoms with Gasteiger partial charge in [0.1, 0.15) is 23.2 Å². The van der Waals surface area contributed by atoms with Gasteiger partial charge in [-0.25, -0.2) is 9.59 Å². The van der Waals surface area contributed by atoms with Crippen LogP contribution in [0.2, 0.25) is 0 Å². The molecule has 162 valence electrons. The van der Waals surface area contributed by atoms with Crippen molar-refractivity contribution in [2.24, 2.45) is 5.73 Å². The highest BCUT2D eigenvalue weighted by Gasteiger charge is 2.51. The van der Waals surface area contributed by atoms with Crippen molar-refractivity contribution in [2.75, 3.05) is 12.3 Å². The molecule has 0 saturated carbocycles. The number of fused-ring (bicyclic) bond motifs is 1.